The van der Waals surface area contributed by atoms with Crippen molar-refractivity contribution in [2.75, 3.05) is 6.54 Å². The molecule has 3 heterocycles. The van der Waals surface area contributed by atoms with Gasteiger partial charge in [-0.05, 0) is 0 Å². The maximum atomic E-state index is 5.48. The van der Waals surface area contributed by atoms with Crippen molar-refractivity contribution in [3.63, 3.8) is 0 Å². The van der Waals surface area contributed by atoms with E-state index in [9.17, 15) is 0 Å². The molecule has 0 fully saturated rings. The van der Waals surface area contributed by atoms with Crippen LogP contribution in [-0.4, -0.2) is 31.1 Å². The molecule has 0 aliphatic carbocycles. The Hall–Kier alpha value is -1.15. The average Bonchev–Trinajstić information content (AvgIpc) is 3.04. The van der Waals surface area contributed by atoms with Gasteiger partial charge in [0, 0.05) is 38.2 Å². The molecule has 2 aromatic heterocycles. The molecule has 130 valence electrons. The van der Waals surface area contributed by atoms with E-state index < -0.39 is 0 Å². The first kappa shape index (κ1) is 19.9. The van der Waals surface area contributed by atoms with Crippen molar-refractivity contribution >= 4 is 24.8 Å². The Bertz CT molecular complexity index is 639. The van der Waals surface area contributed by atoms with Crippen LogP contribution in [0.5, 0.6) is 0 Å². The molecule has 2 N–H and O–H groups in total. The SMILES string of the molecule is CC(C)c1nc2c(n1C)CCN(Cc1noc(CN)n1)C2.Cl.Cl. The van der Waals surface area contributed by atoms with Gasteiger partial charge in [0.05, 0.1) is 18.8 Å². The van der Waals surface area contributed by atoms with Crippen LogP contribution in [0.3, 0.4) is 0 Å². The van der Waals surface area contributed by atoms with Crippen LogP contribution in [0, 0.1) is 0 Å². The van der Waals surface area contributed by atoms with Crippen LogP contribution in [-0.2, 0) is 33.1 Å². The number of hydrogen-bond acceptors (Lipinski definition) is 6. The Balaban J connectivity index is 0.00000132. The van der Waals surface area contributed by atoms with Crippen molar-refractivity contribution in [1.82, 2.24) is 24.6 Å². The summed E-state index contributed by atoms with van der Waals surface area (Å²) in [5.41, 5.74) is 8.01. The van der Waals surface area contributed by atoms with E-state index in [-0.39, 0.29) is 31.4 Å². The molecule has 23 heavy (non-hydrogen) atoms. The summed E-state index contributed by atoms with van der Waals surface area (Å²) in [4.78, 5) is 11.4. The fourth-order valence-electron chi connectivity index (χ4n) is 2.89. The molecule has 0 radical (unpaired) electrons. The highest BCUT2D eigenvalue weighted by Gasteiger charge is 2.24. The lowest BCUT2D eigenvalue weighted by Crippen LogP contribution is -2.31. The van der Waals surface area contributed by atoms with E-state index in [0.29, 0.717) is 24.2 Å². The molecule has 0 spiro atoms. The first-order valence-corrected chi connectivity index (χ1v) is 7.36. The highest BCUT2D eigenvalue weighted by Crippen LogP contribution is 2.23. The van der Waals surface area contributed by atoms with Crippen LogP contribution >= 0.6 is 24.8 Å². The zero-order valence-electron chi connectivity index (χ0n) is 13.7. The largest absolute Gasteiger partial charge is 0.338 e. The summed E-state index contributed by atoms with van der Waals surface area (Å²) in [6, 6.07) is 0. The molecule has 1 aliphatic rings. The number of nitrogens with zero attached hydrogens (tertiary/aromatic N) is 5. The third kappa shape index (κ3) is 4.03. The van der Waals surface area contributed by atoms with Crippen molar-refractivity contribution in [2.45, 2.75) is 45.8 Å². The third-order valence-electron chi connectivity index (χ3n) is 3.94. The third-order valence-corrected chi connectivity index (χ3v) is 3.94. The molecular weight excluding hydrogens is 339 g/mol. The van der Waals surface area contributed by atoms with Gasteiger partial charge in [0.2, 0.25) is 5.89 Å². The van der Waals surface area contributed by atoms with Crippen molar-refractivity contribution in [2.24, 2.45) is 12.8 Å². The Kier molecular flexibility index (Phi) is 7.01. The minimum atomic E-state index is 0. The van der Waals surface area contributed by atoms with Gasteiger partial charge >= 0.3 is 0 Å². The summed E-state index contributed by atoms with van der Waals surface area (Å²) in [6.45, 7) is 7.14. The standard InChI is InChI=1S/C14H22N6O.2ClH/c1-9(2)14-16-10-7-20(5-4-11(10)19(14)3)8-12-17-13(6-15)21-18-12;;/h9H,4-8,15H2,1-3H3;2*1H. The average molecular weight is 363 g/mol. The van der Waals surface area contributed by atoms with Gasteiger partial charge in [-0.2, -0.15) is 4.98 Å². The highest BCUT2D eigenvalue weighted by molar-refractivity contribution is 5.85. The zero-order chi connectivity index (χ0) is 15.0. The monoisotopic (exact) mass is 362 g/mol. The second-order valence-corrected chi connectivity index (χ2v) is 5.85. The number of rotatable bonds is 4. The molecule has 9 heteroatoms. The molecular formula is C14H24Cl2N6O. The van der Waals surface area contributed by atoms with Crippen molar-refractivity contribution in [1.29, 1.82) is 0 Å². The minimum absolute atomic E-state index is 0. The maximum Gasteiger partial charge on any atom is 0.240 e. The highest BCUT2D eigenvalue weighted by atomic mass is 35.5. The van der Waals surface area contributed by atoms with E-state index >= 15 is 0 Å². The van der Waals surface area contributed by atoms with Gasteiger partial charge in [-0.3, -0.25) is 4.90 Å². The van der Waals surface area contributed by atoms with Crippen LogP contribution in [0.1, 0.15) is 48.7 Å². The quantitative estimate of drug-likeness (QED) is 0.891. The normalized spacial score (nSPS) is 14.3. The summed E-state index contributed by atoms with van der Waals surface area (Å²) in [6.07, 6.45) is 1.01. The van der Waals surface area contributed by atoms with Crippen molar-refractivity contribution < 1.29 is 4.52 Å². The second-order valence-electron chi connectivity index (χ2n) is 5.85. The maximum absolute atomic E-state index is 5.48. The first-order valence-electron chi connectivity index (χ1n) is 7.36. The molecule has 0 amide bonds. The molecule has 0 bridgehead atoms. The van der Waals surface area contributed by atoms with E-state index in [1.165, 1.54) is 11.4 Å². The van der Waals surface area contributed by atoms with Gasteiger partial charge in [-0.1, -0.05) is 19.0 Å². The van der Waals surface area contributed by atoms with Crippen LogP contribution in [0.2, 0.25) is 0 Å². The summed E-state index contributed by atoms with van der Waals surface area (Å²) in [5.74, 6) is 2.78. The summed E-state index contributed by atoms with van der Waals surface area (Å²) < 4.78 is 7.30. The molecule has 3 rings (SSSR count). The van der Waals surface area contributed by atoms with E-state index in [0.717, 1.165) is 25.3 Å². The zero-order valence-corrected chi connectivity index (χ0v) is 15.3. The van der Waals surface area contributed by atoms with Crippen molar-refractivity contribution in [3.8, 4) is 0 Å². The van der Waals surface area contributed by atoms with E-state index in [1.807, 2.05) is 0 Å². The molecule has 0 saturated carbocycles. The molecule has 0 unspecified atom stereocenters. The van der Waals surface area contributed by atoms with E-state index in [2.05, 4.69) is 40.5 Å². The Morgan fingerprint density at radius 2 is 2.00 bits per heavy atom. The number of aromatic nitrogens is 4. The molecule has 0 atom stereocenters. The number of nitrogens with two attached hydrogens (primary N) is 1. The van der Waals surface area contributed by atoms with Gasteiger partial charge in [-0.15, -0.1) is 24.8 Å². The fourth-order valence-corrected chi connectivity index (χ4v) is 2.89. The fraction of sp³-hybridized carbons (Fsp3) is 0.643. The lowest BCUT2D eigenvalue weighted by molar-refractivity contribution is 0.230. The van der Waals surface area contributed by atoms with E-state index in [4.69, 9.17) is 15.2 Å². The lowest BCUT2D eigenvalue weighted by Gasteiger charge is -2.25. The number of fused-ring (bicyclic) bond motifs is 1. The van der Waals surface area contributed by atoms with Gasteiger partial charge in [0.15, 0.2) is 5.82 Å². The Morgan fingerprint density at radius 3 is 2.61 bits per heavy atom. The van der Waals surface area contributed by atoms with Gasteiger partial charge in [0.1, 0.15) is 5.82 Å². The molecule has 2 aromatic rings. The number of hydrogen-bond donors (Lipinski definition) is 1. The second kappa shape index (κ2) is 8.10. The Labute approximate surface area is 148 Å². The van der Waals surface area contributed by atoms with Gasteiger partial charge < -0.3 is 14.8 Å². The van der Waals surface area contributed by atoms with Crippen LogP contribution in [0.15, 0.2) is 4.52 Å². The Morgan fingerprint density at radius 1 is 1.26 bits per heavy atom. The number of imidazole rings is 1. The first-order chi connectivity index (χ1) is 10.1. The number of halogens is 2. The van der Waals surface area contributed by atoms with Crippen LogP contribution in [0.4, 0.5) is 0 Å². The van der Waals surface area contributed by atoms with Crippen molar-refractivity contribution in [3.05, 3.63) is 28.9 Å². The van der Waals surface area contributed by atoms with Gasteiger partial charge in [-0.25, -0.2) is 4.98 Å². The van der Waals surface area contributed by atoms with Gasteiger partial charge in [0.25, 0.3) is 0 Å². The smallest absolute Gasteiger partial charge is 0.240 e. The van der Waals surface area contributed by atoms with Crippen LogP contribution < -0.4 is 5.73 Å². The predicted octanol–water partition coefficient (Wildman–Crippen LogP) is 1.79. The lowest BCUT2D eigenvalue weighted by atomic mass is 10.1. The summed E-state index contributed by atoms with van der Waals surface area (Å²) in [7, 11) is 2.11. The van der Waals surface area contributed by atoms with Crippen LogP contribution in [0.25, 0.3) is 0 Å². The predicted molar refractivity (Wildman–Crippen MR) is 91.8 cm³/mol. The van der Waals surface area contributed by atoms with E-state index in [1.54, 1.807) is 0 Å². The summed E-state index contributed by atoms with van der Waals surface area (Å²) >= 11 is 0. The minimum Gasteiger partial charge on any atom is -0.338 e. The molecule has 0 aromatic carbocycles. The molecule has 0 saturated heterocycles. The molecule has 1 aliphatic heterocycles. The molecule has 7 nitrogen and oxygen atoms in total. The topological polar surface area (TPSA) is 86.0 Å². The summed E-state index contributed by atoms with van der Waals surface area (Å²) in [5, 5.41) is 3.95.